The second-order valence-corrected chi connectivity index (χ2v) is 8.66. The standard InChI is InChI=1S/C22H33N5.ClH/c1-16(2)21-25-24-17(3)27(21)22-13-7-10-19(11-14-22)26(22)15-12-20(23)18-8-5-4-6-9-18;/h4-6,8-9,16,19-20H,7,10-15,23H2,1-3H3;1H/t19?,20-,22?;/m0./s1. The number of hydrogen-bond donors (Lipinski definition) is 1. The smallest absolute Gasteiger partial charge is 0.137 e. The van der Waals surface area contributed by atoms with Crippen LogP contribution in [0.3, 0.4) is 0 Å². The first-order chi connectivity index (χ1) is 13.0. The molecule has 6 heteroatoms. The summed E-state index contributed by atoms with van der Waals surface area (Å²) in [5, 5.41) is 9.00. The maximum atomic E-state index is 6.54. The lowest BCUT2D eigenvalue weighted by molar-refractivity contribution is -0.0132. The molecule has 2 saturated heterocycles. The summed E-state index contributed by atoms with van der Waals surface area (Å²) >= 11 is 0. The van der Waals surface area contributed by atoms with Gasteiger partial charge in [-0.1, -0.05) is 44.2 Å². The van der Waals surface area contributed by atoms with Crippen molar-refractivity contribution in [1.82, 2.24) is 19.7 Å². The SMILES string of the molecule is Cc1nnc(C(C)C)n1C12CCCC(CC1)N2CC[C@H](N)c1ccccc1.Cl. The molecule has 5 nitrogen and oxygen atoms in total. The molecule has 4 rings (SSSR count). The molecular formula is C22H34ClN5. The van der Waals surface area contributed by atoms with E-state index < -0.39 is 0 Å². The predicted octanol–water partition coefficient (Wildman–Crippen LogP) is 4.52. The van der Waals surface area contributed by atoms with Gasteiger partial charge in [0.25, 0.3) is 0 Å². The Morgan fingerprint density at radius 2 is 1.89 bits per heavy atom. The molecule has 3 heterocycles. The topological polar surface area (TPSA) is 60.0 Å². The van der Waals surface area contributed by atoms with Gasteiger partial charge in [-0.3, -0.25) is 9.47 Å². The Kier molecular flexibility index (Phi) is 6.47. The van der Waals surface area contributed by atoms with Crippen LogP contribution in [-0.2, 0) is 5.66 Å². The van der Waals surface area contributed by atoms with E-state index in [1.807, 2.05) is 0 Å². The monoisotopic (exact) mass is 403 g/mol. The molecule has 3 atom stereocenters. The number of rotatable bonds is 6. The van der Waals surface area contributed by atoms with Crippen LogP contribution in [0, 0.1) is 6.92 Å². The Bertz CT molecular complexity index is 770. The molecule has 154 valence electrons. The minimum absolute atomic E-state index is 0. The van der Waals surface area contributed by atoms with Crippen LogP contribution in [0.25, 0.3) is 0 Å². The minimum atomic E-state index is 0. The molecule has 0 amide bonds. The zero-order valence-electron chi connectivity index (χ0n) is 17.3. The molecule has 2 bridgehead atoms. The van der Waals surface area contributed by atoms with Crippen molar-refractivity contribution in [1.29, 1.82) is 0 Å². The summed E-state index contributed by atoms with van der Waals surface area (Å²) in [5.74, 6) is 2.57. The van der Waals surface area contributed by atoms with E-state index >= 15 is 0 Å². The summed E-state index contributed by atoms with van der Waals surface area (Å²) < 4.78 is 2.48. The molecule has 2 N–H and O–H groups in total. The number of halogens is 1. The molecule has 2 aromatic rings. The predicted molar refractivity (Wildman–Crippen MR) is 116 cm³/mol. The van der Waals surface area contributed by atoms with Crippen molar-refractivity contribution in [3.05, 3.63) is 47.5 Å². The highest BCUT2D eigenvalue weighted by Gasteiger charge is 2.51. The average Bonchev–Trinajstić information content (AvgIpc) is 3.15. The van der Waals surface area contributed by atoms with Crippen LogP contribution >= 0.6 is 12.4 Å². The van der Waals surface area contributed by atoms with Crippen molar-refractivity contribution < 1.29 is 0 Å². The molecular weight excluding hydrogens is 370 g/mol. The molecule has 0 radical (unpaired) electrons. The summed E-state index contributed by atoms with van der Waals surface area (Å²) in [6.07, 6.45) is 7.26. The third kappa shape index (κ3) is 3.60. The molecule has 0 spiro atoms. The van der Waals surface area contributed by atoms with Crippen LogP contribution in [0.1, 0.15) is 81.5 Å². The lowest BCUT2D eigenvalue weighted by Gasteiger charge is -2.47. The summed E-state index contributed by atoms with van der Waals surface area (Å²) in [5.41, 5.74) is 7.82. The Hall–Kier alpha value is -1.43. The largest absolute Gasteiger partial charge is 0.324 e. The van der Waals surface area contributed by atoms with Gasteiger partial charge in [-0.25, -0.2) is 0 Å². The second-order valence-electron chi connectivity index (χ2n) is 8.66. The zero-order chi connectivity index (χ0) is 19.0. The quantitative estimate of drug-likeness (QED) is 0.770. The minimum Gasteiger partial charge on any atom is -0.324 e. The van der Waals surface area contributed by atoms with E-state index in [1.54, 1.807) is 0 Å². The van der Waals surface area contributed by atoms with Crippen molar-refractivity contribution >= 4 is 12.4 Å². The normalized spacial score (nSPS) is 25.7. The first-order valence-corrected chi connectivity index (χ1v) is 10.5. The average molecular weight is 404 g/mol. The molecule has 28 heavy (non-hydrogen) atoms. The van der Waals surface area contributed by atoms with Crippen molar-refractivity contribution in [2.45, 2.75) is 83.0 Å². The van der Waals surface area contributed by atoms with E-state index in [2.05, 4.69) is 70.8 Å². The van der Waals surface area contributed by atoms with Crippen molar-refractivity contribution in [3.63, 3.8) is 0 Å². The molecule has 1 aromatic heterocycles. The Balaban J connectivity index is 0.00000225. The van der Waals surface area contributed by atoms with Crippen LogP contribution in [-0.4, -0.2) is 32.3 Å². The fourth-order valence-electron chi connectivity index (χ4n) is 5.38. The molecule has 0 aliphatic carbocycles. The maximum Gasteiger partial charge on any atom is 0.137 e. The van der Waals surface area contributed by atoms with E-state index in [9.17, 15) is 0 Å². The fourth-order valence-corrected chi connectivity index (χ4v) is 5.38. The lowest BCUT2D eigenvalue weighted by Crippen LogP contribution is -2.53. The van der Waals surface area contributed by atoms with E-state index in [1.165, 1.54) is 37.7 Å². The number of aromatic nitrogens is 3. The Morgan fingerprint density at radius 1 is 1.14 bits per heavy atom. The van der Waals surface area contributed by atoms with Gasteiger partial charge >= 0.3 is 0 Å². The van der Waals surface area contributed by atoms with Crippen LogP contribution in [0.4, 0.5) is 0 Å². The zero-order valence-corrected chi connectivity index (χ0v) is 18.2. The summed E-state index contributed by atoms with van der Waals surface area (Å²) in [7, 11) is 0. The van der Waals surface area contributed by atoms with Crippen molar-refractivity contribution in [2.24, 2.45) is 5.73 Å². The van der Waals surface area contributed by atoms with Crippen molar-refractivity contribution in [2.75, 3.05) is 6.54 Å². The van der Waals surface area contributed by atoms with E-state index in [4.69, 9.17) is 5.73 Å². The number of hydrogen-bond acceptors (Lipinski definition) is 4. The van der Waals surface area contributed by atoms with Gasteiger partial charge in [0.05, 0.1) is 0 Å². The van der Waals surface area contributed by atoms with Gasteiger partial charge in [0.1, 0.15) is 17.3 Å². The number of fused-ring (bicyclic) bond motifs is 2. The van der Waals surface area contributed by atoms with Gasteiger partial charge in [-0.05, 0) is 51.0 Å². The third-order valence-electron chi connectivity index (χ3n) is 6.66. The van der Waals surface area contributed by atoms with Crippen LogP contribution in [0.5, 0.6) is 0 Å². The number of nitrogens with zero attached hydrogens (tertiary/aromatic N) is 4. The molecule has 0 saturated carbocycles. The maximum absolute atomic E-state index is 6.54. The molecule has 2 unspecified atom stereocenters. The Labute approximate surface area is 175 Å². The first-order valence-electron chi connectivity index (χ1n) is 10.5. The van der Waals surface area contributed by atoms with Crippen LogP contribution in [0.2, 0.25) is 0 Å². The van der Waals surface area contributed by atoms with E-state index in [0.29, 0.717) is 12.0 Å². The fraction of sp³-hybridized carbons (Fsp3) is 0.636. The van der Waals surface area contributed by atoms with Crippen LogP contribution < -0.4 is 5.73 Å². The van der Waals surface area contributed by atoms with Gasteiger partial charge in [-0.15, -0.1) is 22.6 Å². The number of benzene rings is 1. The highest BCUT2D eigenvalue weighted by atomic mass is 35.5. The van der Waals surface area contributed by atoms with Gasteiger partial charge in [0.15, 0.2) is 0 Å². The molecule has 2 aliphatic heterocycles. The van der Waals surface area contributed by atoms with Gasteiger partial charge < -0.3 is 5.73 Å². The summed E-state index contributed by atoms with van der Waals surface area (Å²) in [6, 6.07) is 11.3. The second kappa shape index (κ2) is 8.52. The first kappa shape index (κ1) is 21.3. The Morgan fingerprint density at radius 3 is 2.61 bits per heavy atom. The number of nitrogens with two attached hydrogens (primary N) is 1. The summed E-state index contributed by atoms with van der Waals surface area (Å²) in [6.45, 7) is 7.60. The van der Waals surface area contributed by atoms with Gasteiger partial charge in [-0.2, -0.15) is 0 Å². The summed E-state index contributed by atoms with van der Waals surface area (Å²) in [4.78, 5) is 2.75. The third-order valence-corrected chi connectivity index (χ3v) is 6.66. The van der Waals surface area contributed by atoms with E-state index in [0.717, 1.165) is 24.6 Å². The number of piperidine rings is 1. The van der Waals surface area contributed by atoms with Gasteiger partial charge in [0, 0.05) is 24.5 Å². The van der Waals surface area contributed by atoms with Crippen LogP contribution in [0.15, 0.2) is 30.3 Å². The lowest BCUT2D eigenvalue weighted by atomic mass is 9.94. The van der Waals surface area contributed by atoms with Crippen molar-refractivity contribution in [3.8, 4) is 0 Å². The molecule has 1 aromatic carbocycles. The molecule has 2 fully saturated rings. The molecule has 2 aliphatic rings. The van der Waals surface area contributed by atoms with E-state index in [-0.39, 0.29) is 24.1 Å². The van der Waals surface area contributed by atoms with Gasteiger partial charge in [0.2, 0.25) is 0 Å². The highest BCUT2D eigenvalue weighted by molar-refractivity contribution is 5.85. The highest BCUT2D eigenvalue weighted by Crippen LogP contribution is 2.49. The number of aryl methyl sites for hydroxylation is 1.